The first-order valence-electron chi connectivity index (χ1n) is 8.30. The smallest absolute Gasteiger partial charge is 0.230 e. The maximum Gasteiger partial charge on any atom is 0.230 e. The second-order valence-corrected chi connectivity index (χ2v) is 7.72. The van der Waals surface area contributed by atoms with Crippen molar-refractivity contribution in [3.05, 3.63) is 40.7 Å². The highest BCUT2D eigenvalue weighted by Gasteiger charge is 2.36. The van der Waals surface area contributed by atoms with E-state index in [2.05, 4.69) is 20.1 Å². The molecule has 2 aliphatic rings. The molecule has 2 fully saturated rings. The molecule has 0 unspecified atom stereocenters. The highest BCUT2D eigenvalue weighted by atomic mass is 35.5. The number of amides is 1. The molecule has 1 heterocycles. The molecule has 0 bridgehead atoms. The third-order valence-corrected chi connectivity index (χ3v) is 5.62. The minimum Gasteiger partial charge on any atom is -0.351 e. The molecule has 1 N–H and O–H groups in total. The SMILES string of the molecule is O=C(CSc1nnc(C2CC2)n1C1CC1)NCc1ccccc1Cl. The number of nitrogens with zero attached hydrogens (tertiary/aromatic N) is 3. The average molecular weight is 363 g/mol. The van der Waals surface area contributed by atoms with E-state index in [-0.39, 0.29) is 5.91 Å². The van der Waals surface area contributed by atoms with Gasteiger partial charge in [-0.15, -0.1) is 10.2 Å². The van der Waals surface area contributed by atoms with Crippen LogP contribution in [0.15, 0.2) is 29.4 Å². The molecular formula is C17H19ClN4OS. The van der Waals surface area contributed by atoms with E-state index in [1.165, 1.54) is 37.4 Å². The van der Waals surface area contributed by atoms with Gasteiger partial charge in [0.15, 0.2) is 5.16 Å². The zero-order chi connectivity index (χ0) is 16.5. The molecule has 0 saturated heterocycles. The fourth-order valence-corrected chi connectivity index (χ4v) is 3.74. The largest absolute Gasteiger partial charge is 0.351 e. The monoisotopic (exact) mass is 362 g/mol. The van der Waals surface area contributed by atoms with Crippen LogP contribution in [0.4, 0.5) is 0 Å². The summed E-state index contributed by atoms with van der Waals surface area (Å²) in [6.45, 7) is 0.446. The Labute approximate surface area is 150 Å². The Balaban J connectivity index is 1.33. The van der Waals surface area contributed by atoms with Gasteiger partial charge in [-0.2, -0.15) is 0 Å². The molecule has 1 aromatic carbocycles. The molecular weight excluding hydrogens is 344 g/mol. The summed E-state index contributed by atoms with van der Waals surface area (Å²) in [5.74, 6) is 2.04. The highest BCUT2D eigenvalue weighted by Crippen LogP contribution is 2.45. The summed E-state index contributed by atoms with van der Waals surface area (Å²) >= 11 is 7.58. The van der Waals surface area contributed by atoms with Crippen LogP contribution in [0.1, 0.15) is 49.0 Å². The van der Waals surface area contributed by atoms with E-state index in [0.29, 0.717) is 29.3 Å². The standard InChI is InChI=1S/C17H19ClN4OS/c18-14-4-2-1-3-12(14)9-19-15(23)10-24-17-21-20-16(11-5-6-11)22(17)13-7-8-13/h1-4,11,13H,5-10H2,(H,19,23). The molecule has 0 atom stereocenters. The van der Waals surface area contributed by atoms with Crippen molar-refractivity contribution in [3.63, 3.8) is 0 Å². The highest BCUT2D eigenvalue weighted by molar-refractivity contribution is 7.99. The Morgan fingerprint density at radius 1 is 1.25 bits per heavy atom. The van der Waals surface area contributed by atoms with Gasteiger partial charge in [0.05, 0.1) is 5.75 Å². The van der Waals surface area contributed by atoms with Crippen molar-refractivity contribution in [3.8, 4) is 0 Å². The molecule has 2 aromatic rings. The number of halogens is 1. The molecule has 7 heteroatoms. The van der Waals surface area contributed by atoms with Crippen molar-refractivity contribution in [2.75, 3.05) is 5.75 Å². The van der Waals surface area contributed by atoms with E-state index in [0.717, 1.165) is 16.5 Å². The second-order valence-electron chi connectivity index (χ2n) is 6.37. The van der Waals surface area contributed by atoms with Crippen LogP contribution < -0.4 is 5.32 Å². The molecule has 1 aromatic heterocycles. The average Bonchev–Trinajstić information content (AvgIpc) is 3.51. The summed E-state index contributed by atoms with van der Waals surface area (Å²) in [7, 11) is 0. The van der Waals surface area contributed by atoms with Gasteiger partial charge >= 0.3 is 0 Å². The van der Waals surface area contributed by atoms with Gasteiger partial charge in [0.2, 0.25) is 5.91 Å². The molecule has 2 aliphatic carbocycles. The quantitative estimate of drug-likeness (QED) is 0.765. The predicted molar refractivity (Wildman–Crippen MR) is 94.3 cm³/mol. The fraction of sp³-hybridized carbons (Fsp3) is 0.471. The van der Waals surface area contributed by atoms with Gasteiger partial charge < -0.3 is 9.88 Å². The summed E-state index contributed by atoms with van der Waals surface area (Å²) in [5.41, 5.74) is 0.926. The van der Waals surface area contributed by atoms with Crippen molar-refractivity contribution in [1.82, 2.24) is 20.1 Å². The summed E-state index contributed by atoms with van der Waals surface area (Å²) in [6, 6.07) is 8.09. The number of aromatic nitrogens is 3. The maximum atomic E-state index is 12.1. The van der Waals surface area contributed by atoms with Gasteiger partial charge in [-0.3, -0.25) is 4.79 Å². The Bertz CT molecular complexity index is 755. The number of nitrogens with one attached hydrogen (secondary N) is 1. The number of hydrogen-bond donors (Lipinski definition) is 1. The van der Waals surface area contributed by atoms with Crippen molar-refractivity contribution in [1.29, 1.82) is 0 Å². The van der Waals surface area contributed by atoms with E-state index < -0.39 is 0 Å². The first-order valence-corrected chi connectivity index (χ1v) is 9.66. The summed E-state index contributed by atoms with van der Waals surface area (Å²) in [4.78, 5) is 12.1. The van der Waals surface area contributed by atoms with Crippen LogP contribution in [-0.2, 0) is 11.3 Å². The number of benzene rings is 1. The molecule has 24 heavy (non-hydrogen) atoms. The molecule has 1 amide bonds. The third kappa shape index (κ3) is 3.59. The van der Waals surface area contributed by atoms with Gasteiger partial charge in [-0.05, 0) is 37.3 Å². The normalized spacial score (nSPS) is 17.0. The Morgan fingerprint density at radius 2 is 2.04 bits per heavy atom. The molecule has 5 nitrogen and oxygen atoms in total. The van der Waals surface area contributed by atoms with Gasteiger partial charge in [0.25, 0.3) is 0 Å². The van der Waals surface area contributed by atoms with Gasteiger partial charge in [-0.25, -0.2) is 0 Å². The molecule has 2 saturated carbocycles. The van der Waals surface area contributed by atoms with E-state index >= 15 is 0 Å². The van der Waals surface area contributed by atoms with Crippen LogP contribution >= 0.6 is 23.4 Å². The first kappa shape index (κ1) is 16.0. The lowest BCUT2D eigenvalue weighted by molar-refractivity contribution is -0.118. The molecule has 0 radical (unpaired) electrons. The van der Waals surface area contributed by atoms with E-state index in [1.54, 1.807) is 0 Å². The van der Waals surface area contributed by atoms with Gasteiger partial charge in [0.1, 0.15) is 5.82 Å². The van der Waals surface area contributed by atoms with Crippen LogP contribution in [-0.4, -0.2) is 26.4 Å². The maximum absolute atomic E-state index is 12.1. The van der Waals surface area contributed by atoms with Crippen LogP contribution in [0.3, 0.4) is 0 Å². The first-order chi connectivity index (χ1) is 11.7. The van der Waals surface area contributed by atoms with Crippen molar-refractivity contribution >= 4 is 29.3 Å². The number of thioether (sulfide) groups is 1. The van der Waals surface area contributed by atoms with Crippen LogP contribution in [0.5, 0.6) is 0 Å². The zero-order valence-corrected chi connectivity index (χ0v) is 14.8. The van der Waals surface area contributed by atoms with Crippen LogP contribution in [0.25, 0.3) is 0 Å². The van der Waals surface area contributed by atoms with Crippen molar-refractivity contribution in [2.45, 2.75) is 49.3 Å². The number of hydrogen-bond acceptors (Lipinski definition) is 4. The Hall–Kier alpha value is -1.53. The lowest BCUT2D eigenvalue weighted by Crippen LogP contribution is -2.24. The summed E-state index contributed by atoms with van der Waals surface area (Å²) in [6.07, 6.45) is 4.83. The Morgan fingerprint density at radius 3 is 2.75 bits per heavy atom. The van der Waals surface area contributed by atoms with E-state index in [1.807, 2.05) is 24.3 Å². The fourth-order valence-electron chi connectivity index (χ4n) is 2.70. The lowest BCUT2D eigenvalue weighted by Gasteiger charge is -2.09. The number of carbonyl (C=O) groups excluding carboxylic acids is 1. The van der Waals surface area contributed by atoms with Crippen molar-refractivity contribution < 1.29 is 4.79 Å². The number of carbonyl (C=O) groups is 1. The molecule has 0 spiro atoms. The minimum atomic E-state index is -0.0155. The predicted octanol–water partition coefficient (Wildman–Crippen LogP) is 3.55. The summed E-state index contributed by atoms with van der Waals surface area (Å²) < 4.78 is 2.27. The van der Waals surface area contributed by atoms with Gasteiger partial charge in [-0.1, -0.05) is 41.6 Å². The molecule has 126 valence electrons. The van der Waals surface area contributed by atoms with Crippen molar-refractivity contribution in [2.24, 2.45) is 0 Å². The molecule has 4 rings (SSSR count). The third-order valence-electron chi connectivity index (χ3n) is 4.31. The lowest BCUT2D eigenvalue weighted by atomic mass is 10.2. The van der Waals surface area contributed by atoms with Crippen LogP contribution in [0, 0.1) is 0 Å². The topological polar surface area (TPSA) is 59.8 Å². The van der Waals surface area contributed by atoms with E-state index in [9.17, 15) is 4.79 Å². The second kappa shape index (κ2) is 6.76. The minimum absolute atomic E-state index is 0.0155. The Kier molecular flexibility index (Phi) is 4.50. The van der Waals surface area contributed by atoms with E-state index in [4.69, 9.17) is 11.6 Å². The molecule has 0 aliphatic heterocycles. The van der Waals surface area contributed by atoms with Gasteiger partial charge in [0, 0.05) is 23.5 Å². The zero-order valence-electron chi connectivity index (χ0n) is 13.2. The number of rotatable bonds is 7. The van der Waals surface area contributed by atoms with Crippen LogP contribution in [0.2, 0.25) is 5.02 Å². The summed E-state index contributed by atoms with van der Waals surface area (Å²) in [5, 5.41) is 13.2.